The zero-order chi connectivity index (χ0) is 15.2. The van der Waals surface area contributed by atoms with Gasteiger partial charge in [0.05, 0.1) is 0 Å². The van der Waals surface area contributed by atoms with Crippen LogP contribution in [-0.4, -0.2) is 14.1 Å². The van der Waals surface area contributed by atoms with Crippen LogP contribution in [0.5, 0.6) is 0 Å². The molecule has 0 heterocycles. The van der Waals surface area contributed by atoms with E-state index in [0.29, 0.717) is 0 Å². The SMILES string of the molecule is C=C(C)CCc1ccccc1Nc1ccc(N(C)C)cc1. The smallest absolute Gasteiger partial charge is 0.0416 e. The Hall–Kier alpha value is -2.22. The number of anilines is 3. The lowest BCUT2D eigenvalue weighted by Gasteiger charge is -2.15. The van der Waals surface area contributed by atoms with Gasteiger partial charge in [-0.05, 0) is 55.7 Å². The highest BCUT2D eigenvalue weighted by Crippen LogP contribution is 2.24. The molecule has 0 amide bonds. The van der Waals surface area contributed by atoms with E-state index in [1.54, 1.807) is 0 Å². The topological polar surface area (TPSA) is 15.3 Å². The second-order valence-corrected chi connectivity index (χ2v) is 5.68. The maximum absolute atomic E-state index is 3.98. The molecule has 0 aromatic heterocycles. The molecule has 0 aliphatic rings. The first kappa shape index (κ1) is 15.2. The van der Waals surface area contributed by atoms with Crippen molar-refractivity contribution in [3.8, 4) is 0 Å². The molecular weight excluding hydrogens is 256 g/mol. The van der Waals surface area contributed by atoms with Crippen LogP contribution in [0.25, 0.3) is 0 Å². The average molecular weight is 280 g/mol. The van der Waals surface area contributed by atoms with Crippen LogP contribution in [0.15, 0.2) is 60.7 Å². The summed E-state index contributed by atoms with van der Waals surface area (Å²) >= 11 is 0. The molecule has 2 aromatic rings. The highest BCUT2D eigenvalue weighted by atomic mass is 15.1. The van der Waals surface area contributed by atoms with E-state index in [4.69, 9.17) is 0 Å². The average Bonchev–Trinajstić information content (AvgIpc) is 2.47. The van der Waals surface area contributed by atoms with Crippen LogP contribution in [0.1, 0.15) is 18.9 Å². The molecule has 0 saturated carbocycles. The largest absolute Gasteiger partial charge is 0.378 e. The predicted molar refractivity (Wildman–Crippen MR) is 93.6 cm³/mol. The molecule has 2 aromatic carbocycles. The quantitative estimate of drug-likeness (QED) is 0.749. The van der Waals surface area contributed by atoms with Gasteiger partial charge in [-0.1, -0.05) is 23.8 Å². The number of nitrogens with zero attached hydrogens (tertiary/aromatic N) is 1. The lowest BCUT2D eigenvalue weighted by Crippen LogP contribution is -2.08. The summed E-state index contributed by atoms with van der Waals surface area (Å²) in [6, 6.07) is 17.0. The van der Waals surface area contributed by atoms with Crippen LogP contribution in [0, 0.1) is 0 Å². The summed E-state index contributed by atoms with van der Waals surface area (Å²) < 4.78 is 0. The van der Waals surface area contributed by atoms with Crippen LogP contribution in [0.3, 0.4) is 0 Å². The zero-order valence-electron chi connectivity index (χ0n) is 13.2. The lowest BCUT2D eigenvalue weighted by molar-refractivity contribution is 0.947. The molecule has 2 nitrogen and oxygen atoms in total. The van der Waals surface area contributed by atoms with Gasteiger partial charge >= 0.3 is 0 Å². The van der Waals surface area contributed by atoms with Gasteiger partial charge in [0.2, 0.25) is 0 Å². The summed E-state index contributed by atoms with van der Waals surface area (Å²) in [5.41, 5.74) is 6.05. The van der Waals surface area contributed by atoms with E-state index in [2.05, 4.69) is 86.3 Å². The van der Waals surface area contributed by atoms with Crippen LogP contribution in [0.2, 0.25) is 0 Å². The van der Waals surface area contributed by atoms with Crippen LogP contribution in [0.4, 0.5) is 17.1 Å². The fourth-order valence-corrected chi connectivity index (χ4v) is 2.21. The van der Waals surface area contributed by atoms with Crippen molar-refractivity contribution in [2.45, 2.75) is 19.8 Å². The van der Waals surface area contributed by atoms with Crippen molar-refractivity contribution < 1.29 is 0 Å². The molecule has 0 spiro atoms. The van der Waals surface area contributed by atoms with E-state index >= 15 is 0 Å². The Kier molecular flexibility index (Phi) is 5.04. The van der Waals surface area contributed by atoms with Crippen LogP contribution in [-0.2, 0) is 6.42 Å². The minimum atomic E-state index is 1.02. The minimum absolute atomic E-state index is 1.02. The van der Waals surface area contributed by atoms with Gasteiger partial charge in [-0.15, -0.1) is 6.58 Å². The third-order valence-electron chi connectivity index (χ3n) is 3.50. The molecule has 0 bridgehead atoms. The Morgan fingerprint density at radius 2 is 1.71 bits per heavy atom. The molecule has 0 atom stereocenters. The maximum Gasteiger partial charge on any atom is 0.0416 e. The van der Waals surface area contributed by atoms with Crippen LogP contribution < -0.4 is 10.2 Å². The first-order chi connectivity index (χ1) is 10.1. The van der Waals surface area contributed by atoms with Crippen LogP contribution >= 0.6 is 0 Å². The first-order valence-corrected chi connectivity index (χ1v) is 7.33. The van der Waals surface area contributed by atoms with Gasteiger partial charge < -0.3 is 10.2 Å². The fourth-order valence-electron chi connectivity index (χ4n) is 2.21. The number of allylic oxidation sites excluding steroid dienone is 1. The molecule has 2 heteroatoms. The zero-order valence-corrected chi connectivity index (χ0v) is 13.2. The number of para-hydroxylation sites is 1. The first-order valence-electron chi connectivity index (χ1n) is 7.33. The second-order valence-electron chi connectivity index (χ2n) is 5.68. The molecule has 0 radical (unpaired) electrons. The molecule has 0 unspecified atom stereocenters. The monoisotopic (exact) mass is 280 g/mol. The van der Waals surface area contributed by atoms with Crippen molar-refractivity contribution in [3.05, 3.63) is 66.2 Å². The number of hydrogen-bond donors (Lipinski definition) is 1. The Morgan fingerprint density at radius 1 is 1.05 bits per heavy atom. The summed E-state index contributed by atoms with van der Waals surface area (Å²) in [7, 11) is 4.10. The van der Waals surface area contributed by atoms with E-state index in [0.717, 1.165) is 18.5 Å². The van der Waals surface area contributed by atoms with Gasteiger partial charge in [-0.2, -0.15) is 0 Å². The standard InChI is InChI=1S/C19H24N2/c1-15(2)9-10-16-7-5-6-8-19(16)20-17-11-13-18(14-12-17)21(3)4/h5-8,11-14,20H,1,9-10H2,2-4H3. The molecule has 0 aliphatic heterocycles. The fraction of sp³-hybridized carbons (Fsp3) is 0.263. The number of hydrogen-bond acceptors (Lipinski definition) is 2. The van der Waals surface area contributed by atoms with Crippen molar-refractivity contribution >= 4 is 17.1 Å². The second kappa shape index (κ2) is 6.98. The highest BCUT2D eigenvalue weighted by Gasteiger charge is 2.03. The Bertz CT molecular complexity index is 597. The van der Waals surface area contributed by atoms with Crippen molar-refractivity contribution in [2.24, 2.45) is 0 Å². The van der Waals surface area contributed by atoms with E-state index in [1.807, 2.05) is 0 Å². The van der Waals surface area contributed by atoms with Crippen molar-refractivity contribution in [1.29, 1.82) is 0 Å². The third-order valence-corrected chi connectivity index (χ3v) is 3.50. The summed E-state index contributed by atoms with van der Waals surface area (Å²) in [5.74, 6) is 0. The van der Waals surface area contributed by atoms with Gasteiger partial charge in [0.25, 0.3) is 0 Å². The van der Waals surface area contributed by atoms with Gasteiger partial charge in [0.15, 0.2) is 0 Å². The highest BCUT2D eigenvalue weighted by molar-refractivity contribution is 5.65. The predicted octanol–water partition coefficient (Wildman–Crippen LogP) is 5.00. The van der Waals surface area contributed by atoms with Gasteiger partial charge in [-0.3, -0.25) is 0 Å². The molecule has 0 aliphatic carbocycles. The van der Waals surface area contributed by atoms with Crippen molar-refractivity contribution in [2.75, 3.05) is 24.3 Å². The molecule has 0 saturated heterocycles. The summed E-state index contributed by atoms with van der Waals surface area (Å²) in [6.07, 6.45) is 2.05. The molecule has 110 valence electrons. The molecule has 0 fully saturated rings. The van der Waals surface area contributed by atoms with Crippen molar-refractivity contribution in [3.63, 3.8) is 0 Å². The number of benzene rings is 2. The Balaban J connectivity index is 2.13. The minimum Gasteiger partial charge on any atom is -0.378 e. The van der Waals surface area contributed by atoms with E-state index in [1.165, 1.54) is 22.5 Å². The summed E-state index contributed by atoms with van der Waals surface area (Å²) in [5, 5.41) is 3.51. The third kappa shape index (κ3) is 4.38. The Labute approximate surface area is 128 Å². The molecule has 2 rings (SSSR count). The number of nitrogens with one attached hydrogen (secondary N) is 1. The molecule has 1 N–H and O–H groups in total. The molecular formula is C19H24N2. The number of aryl methyl sites for hydroxylation is 1. The lowest BCUT2D eigenvalue weighted by atomic mass is 10.0. The van der Waals surface area contributed by atoms with E-state index < -0.39 is 0 Å². The molecule has 21 heavy (non-hydrogen) atoms. The van der Waals surface area contributed by atoms with E-state index in [9.17, 15) is 0 Å². The maximum atomic E-state index is 3.98. The van der Waals surface area contributed by atoms with Gasteiger partial charge in [0, 0.05) is 31.2 Å². The number of rotatable bonds is 6. The summed E-state index contributed by atoms with van der Waals surface area (Å²) in [4.78, 5) is 2.10. The summed E-state index contributed by atoms with van der Waals surface area (Å²) in [6.45, 7) is 6.06. The Morgan fingerprint density at radius 3 is 2.33 bits per heavy atom. The van der Waals surface area contributed by atoms with Gasteiger partial charge in [0.1, 0.15) is 0 Å². The van der Waals surface area contributed by atoms with E-state index in [-0.39, 0.29) is 0 Å². The normalized spacial score (nSPS) is 10.2. The van der Waals surface area contributed by atoms with Gasteiger partial charge in [-0.25, -0.2) is 0 Å². The van der Waals surface area contributed by atoms with Crippen molar-refractivity contribution in [1.82, 2.24) is 0 Å².